The van der Waals surface area contributed by atoms with Gasteiger partial charge < -0.3 is 18.9 Å². The normalized spacial score (nSPS) is 18.0. The minimum Gasteiger partial charge on any atom is -0.412 e. The summed E-state index contributed by atoms with van der Waals surface area (Å²) in [4.78, 5) is 21.6. The second kappa shape index (κ2) is 50.2. The number of quaternary nitrogens is 3. The number of hydrogen-bond donors (Lipinski definition) is 0. The second-order valence-corrected chi connectivity index (χ2v) is 39.3. The van der Waals surface area contributed by atoms with Gasteiger partial charge in [-0.1, -0.05) is 393 Å². The fraction of sp³-hybridized carbons (Fsp3) is 0.350. The lowest BCUT2D eigenvalue weighted by Crippen LogP contribution is -2.58. The third kappa shape index (κ3) is 27.4. The summed E-state index contributed by atoms with van der Waals surface area (Å²) in [5, 5.41) is 0. The number of aryl methyl sites for hydroxylation is 2. The molecule has 17 heteroatoms. The summed E-state index contributed by atoms with van der Waals surface area (Å²) in [5.74, 6) is -1.31. The highest BCUT2D eigenvalue weighted by Gasteiger charge is 2.59. The van der Waals surface area contributed by atoms with Gasteiger partial charge in [0.15, 0.2) is 0 Å². The molecule has 0 radical (unpaired) electrons. The average molecular weight is 2140 g/mol. The molecule has 742 valence electrons. The first-order valence-corrected chi connectivity index (χ1v) is 48.3. The highest BCUT2D eigenvalue weighted by atomic mass is 127. The second-order valence-electron chi connectivity index (χ2n) is 39.3. The predicted molar refractivity (Wildman–Crippen MR) is 582 cm³/mol. The molecule has 2 unspecified atom stereocenters. The van der Waals surface area contributed by atoms with Crippen LogP contribution in [0.15, 0.2) is 346 Å². The third-order valence-electron chi connectivity index (χ3n) is 30.5. The number of piperidine rings is 6. The Kier molecular flexibility index (Phi) is 40.7. The summed E-state index contributed by atoms with van der Waals surface area (Å²) in [6.07, 6.45) is 4.79. The van der Waals surface area contributed by atoms with Gasteiger partial charge >= 0.3 is 18.5 Å². The van der Waals surface area contributed by atoms with E-state index in [2.05, 4.69) is 111 Å². The Morgan fingerprint density at radius 3 is 0.764 bits per heavy atom. The van der Waals surface area contributed by atoms with Crippen LogP contribution in [-0.2, 0) is 39.3 Å². The van der Waals surface area contributed by atoms with Gasteiger partial charge in [-0.25, -0.2) is 0 Å². The van der Waals surface area contributed by atoms with E-state index in [1.807, 2.05) is 147 Å². The number of halogens is 11. The van der Waals surface area contributed by atoms with Gasteiger partial charge in [0.05, 0.1) is 91.4 Å². The Balaban J connectivity index is 0.000000223. The van der Waals surface area contributed by atoms with Crippen molar-refractivity contribution in [3.63, 3.8) is 0 Å². The lowest BCUT2D eigenvalue weighted by molar-refractivity contribution is -0.938. The van der Waals surface area contributed by atoms with Crippen LogP contribution in [0.25, 0.3) is 55.6 Å². The Hall–Kier alpha value is -10.1. The van der Waals surface area contributed by atoms with Crippen molar-refractivity contribution in [1.29, 1.82) is 0 Å². The molecule has 2 atom stereocenters. The molecule has 0 bridgehead atoms. The highest BCUT2D eigenvalue weighted by molar-refractivity contribution is 14.0. The Morgan fingerprint density at radius 2 is 0.500 bits per heavy atom. The number of carbonyl (C=O) groups excluding carboxylic acids is 2. The molecule has 3 spiro atoms. The van der Waals surface area contributed by atoms with Gasteiger partial charge in [-0.05, 0) is 185 Å². The number of Topliss-reactive ketones (excluding diaryl/α,β-unsaturated/α-hetero) is 2. The van der Waals surface area contributed by atoms with Gasteiger partial charge in [0.1, 0.15) is 16.6 Å². The first-order chi connectivity index (χ1) is 64.5. The Labute approximate surface area is 861 Å². The first-order valence-electron chi connectivity index (χ1n) is 48.3. The van der Waals surface area contributed by atoms with E-state index in [1.165, 1.54) is 197 Å². The molecule has 13 aromatic rings. The maximum Gasteiger partial charge on any atom is 0.454 e. The predicted octanol–water partition coefficient (Wildman–Crippen LogP) is 32.4. The topological polar surface area (TPSA) is 65.6 Å². The van der Waals surface area contributed by atoms with E-state index in [0.717, 1.165) is 93.7 Å². The van der Waals surface area contributed by atoms with E-state index in [4.69, 9.17) is 0 Å². The molecule has 6 aliphatic rings. The van der Waals surface area contributed by atoms with Gasteiger partial charge in [-0.15, -0.1) is 48.0 Å². The van der Waals surface area contributed by atoms with E-state index >= 15 is 26.3 Å². The summed E-state index contributed by atoms with van der Waals surface area (Å²) in [5.41, 5.74) is 13.5. The molecule has 6 nitrogen and oxygen atoms in total. The fourth-order valence-electron chi connectivity index (χ4n) is 21.7. The number of hydrogen-bond acceptors (Lipinski definition) is 2. The zero-order valence-electron chi connectivity index (χ0n) is 79.3. The number of nitrogens with zero attached hydrogens (tertiary/aromatic N) is 3. The number of benzene rings is 13. The van der Waals surface area contributed by atoms with Crippen molar-refractivity contribution in [3.8, 4) is 55.6 Å². The fourth-order valence-corrected chi connectivity index (χ4v) is 21.7. The molecule has 6 aliphatic heterocycles. The molecule has 0 amide bonds. The molecule has 6 heterocycles. The van der Waals surface area contributed by atoms with E-state index < -0.39 is 35.1 Å². The van der Waals surface area contributed by atoms with Crippen LogP contribution in [0.1, 0.15) is 198 Å². The molecule has 140 heavy (non-hydrogen) atoms. The maximum atomic E-state index is 15.6. The standard InChI is InChI=1S/2C45H47F3N.C12H10.C10H18NO.C8H5F3O.3CH4.2HI.H2O/c2*1-34-11-15-36(16-12-34)39-21-25-42(26-22-39)44(45(46,47)48,41-9-5-3-6-10-41)33-35-13-17-37(18-14-35)38-19-23-40(24-20-38)43(2)27-31-49(32-28-43)29-7-4-8-30-49;1-3-7-11(8-4-1)12-9-5-2-6-10-12;12-10-4-8-11(9-5-10)6-2-1-3-7-11;9-8(10,11)7(12)6-4-2-1-3-5-6;;;;;;/h2*3,5-6,9-26H,4,7-8,27-33H2,1-2H3;1-10H;1-9H2;1-5H;3*1H4;2*1H;1H2/q2*+1;;+1;;;;;;;. The van der Waals surface area contributed by atoms with Crippen molar-refractivity contribution in [3.05, 3.63) is 407 Å². The van der Waals surface area contributed by atoms with Crippen LogP contribution in [0.5, 0.6) is 0 Å². The number of rotatable bonds is 16. The zero-order chi connectivity index (χ0) is 94.1. The van der Waals surface area contributed by atoms with Crippen molar-refractivity contribution >= 4 is 59.5 Å². The van der Waals surface area contributed by atoms with Gasteiger partial charge in [0.2, 0.25) is 0 Å². The molecule has 0 saturated carbocycles. The molecule has 0 aromatic heterocycles. The summed E-state index contributed by atoms with van der Waals surface area (Å²) in [6, 6.07) is 107. The molecule has 6 fully saturated rings. The van der Waals surface area contributed by atoms with E-state index in [-0.39, 0.29) is 127 Å². The monoisotopic (exact) mass is 2130 g/mol. The summed E-state index contributed by atoms with van der Waals surface area (Å²) >= 11 is 0. The average Bonchev–Trinajstić information content (AvgIpc) is 0.737. The lowest BCUT2D eigenvalue weighted by Gasteiger charge is -2.49. The van der Waals surface area contributed by atoms with E-state index in [9.17, 15) is 22.8 Å². The smallest absolute Gasteiger partial charge is 0.412 e. The van der Waals surface area contributed by atoms with Crippen molar-refractivity contribution in [1.82, 2.24) is 0 Å². The number of carbonyl (C=O) groups is 2. The van der Waals surface area contributed by atoms with Crippen molar-refractivity contribution in [2.45, 2.75) is 199 Å². The zero-order valence-corrected chi connectivity index (χ0v) is 84.0. The maximum absolute atomic E-state index is 15.6. The lowest BCUT2D eigenvalue weighted by atomic mass is 9.69. The number of alkyl halides is 9. The molecule has 6 saturated heterocycles. The van der Waals surface area contributed by atoms with Crippen molar-refractivity contribution in [2.75, 3.05) is 78.5 Å². The van der Waals surface area contributed by atoms with Crippen LogP contribution < -0.4 is 0 Å². The van der Waals surface area contributed by atoms with Crippen LogP contribution in [-0.4, -0.2) is 128 Å². The molecule has 19 rings (SSSR count). The molecule has 0 aliphatic carbocycles. The summed E-state index contributed by atoms with van der Waals surface area (Å²) in [7, 11) is 0. The van der Waals surface area contributed by atoms with Crippen LogP contribution in [0, 0.1) is 13.8 Å². The van der Waals surface area contributed by atoms with E-state index in [1.54, 1.807) is 91.0 Å². The van der Waals surface area contributed by atoms with Gasteiger partial charge in [0.25, 0.3) is 5.78 Å². The van der Waals surface area contributed by atoms with Gasteiger partial charge in [-0.3, -0.25) is 9.59 Å². The quantitative estimate of drug-likeness (QED) is 0.0419. The summed E-state index contributed by atoms with van der Waals surface area (Å²) in [6.45, 7) is 24.3. The Bertz CT molecular complexity index is 5570. The largest absolute Gasteiger partial charge is 0.454 e. The molecular formula is C123H143F9I2N3O3+3. The van der Waals surface area contributed by atoms with Crippen LogP contribution in [0.4, 0.5) is 39.5 Å². The molecule has 2 N–H and O–H groups in total. The Morgan fingerprint density at radius 1 is 0.279 bits per heavy atom. The summed E-state index contributed by atoms with van der Waals surface area (Å²) < 4.78 is 133. The minimum atomic E-state index is -4.78. The van der Waals surface area contributed by atoms with Crippen LogP contribution >= 0.6 is 48.0 Å². The van der Waals surface area contributed by atoms with Crippen molar-refractivity contribution in [2.24, 2.45) is 0 Å². The molecule has 13 aromatic carbocycles. The third-order valence-corrected chi connectivity index (χ3v) is 30.5. The van der Waals surface area contributed by atoms with Gasteiger partial charge in [0, 0.05) is 42.1 Å². The minimum absolute atomic E-state index is 0. The van der Waals surface area contributed by atoms with Crippen LogP contribution in [0.2, 0.25) is 0 Å². The van der Waals surface area contributed by atoms with Crippen LogP contribution in [0.3, 0.4) is 0 Å². The van der Waals surface area contributed by atoms with Gasteiger partial charge in [-0.2, -0.15) is 39.5 Å². The highest BCUT2D eigenvalue weighted by Crippen LogP contribution is 2.52. The van der Waals surface area contributed by atoms with Crippen molar-refractivity contribution < 1.29 is 68.0 Å². The number of ketones is 2. The molecular weight excluding hydrogens is 1990 g/mol. The first kappa shape index (κ1) is 113. The SMILES string of the molecule is C.C.C.Cc1ccc(-c2ccc(C(Cc3ccc(-c4ccc(C5(C)CC[N+]6(CCCCC6)CC5)cc4)cc3)(c3ccccc3)C(F)(F)F)cc2)cc1.Cc1ccc(-c2ccc(C(Cc3ccc(-c4ccc(C5(C)CC[N+]6(CCCCC6)CC5)cc4)cc3)(c3ccccc3)C(F)(F)F)cc2)cc1.I.I.O.O=C(c1ccccc1)C(F)(F)F.O=C1CC[N+]2(CCCCC2)CC1.c1ccc(-c2ccccc2)cc1. The van der Waals surface area contributed by atoms with E-state index in [0.29, 0.717) is 16.9 Å².